The number of rotatable bonds is 8. The van der Waals surface area contributed by atoms with Gasteiger partial charge in [0.05, 0.1) is 0 Å². The summed E-state index contributed by atoms with van der Waals surface area (Å²) in [6.45, 7) is 0.456. The number of nitrogens with zero attached hydrogens (tertiary/aromatic N) is 2. The SMILES string of the molecule is N#CSc1ccc(NC(=O)CCCCCN2C(=O)CCC2=O)cc1. The third-order valence-electron chi connectivity index (χ3n) is 3.74. The Balaban J connectivity index is 1.62. The van der Waals surface area contributed by atoms with Crippen LogP contribution in [0.2, 0.25) is 0 Å². The lowest BCUT2D eigenvalue weighted by Gasteiger charge is -2.13. The third kappa shape index (κ3) is 5.39. The van der Waals surface area contributed by atoms with E-state index in [9.17, 15) is 14.4 Å². The van der Waals surface area contributed by atoms with Gasteiger partial charge in [-0.05, 0) is 48.9 Å². The molecule has 2 rings (SSSR count). The van der Waals surface area contributed by atoms with Crippen molar-refractivity contribution >= 4 is 35.2 Å². The number of unbranched alkanes of at least 4 members (excludes halogenated alkanes) is 2. The molecular formula is C17H19N3O3S. The predicted octanol–water partition coefficient (Wildman–Crippen LogP) is 2.91. The van der Waals surface area contributed by atoms with Crippen molar-refractivity contribution in [2.75, 3.05) is 11.9 Å². The van der Waals surface area contributed by atoms with Gasteiger partial charge in [0, 0.05) is 36.4 Å². The molecule has 7 heteroatoms. The van der Waals surface area contributed by atoms with Crippen molar-refractivity contribution in [3.05, 3.63) is 24.3 Å². The summed E-state index contributed by atoms with van der Waals surface area (Å²) >= 11 is 1.07. The molecule has 6 nitrogen and oxygen atoms in total. The summed E-state index contributed by atoms with van der Waals surface area (Å²) in [5.41, 5.74) is 0.704. The molecule has 1 heterocycles. The minimum Gasteiger partial charge on any atom is -0.326 e. The molecule has 0 spiro atoms. The van der Waals surface area contributed by atoms with Crippen LogP contribution >= 0.6 is 11.8 Å². The Labute approximate surface area is 145 Å². The zero-order chi connectivity index (χ0) is 17.4. The van der Waals surface area contributed by atoms with Gasteiger partial charge in [0.25, 0.3) is 0 Å². The first kappa shape index (κ1) is 18.0. The number of nitrogens with one attached hydrogen (secondary N) is 1. The van der Waals surface area contributed by atoms with Crippen molar-refractivity contribution in [3.63, 3.8) is 0 Å². The molecule has 3 amide bonds. The fourth-order valence-electron chi connectivity index (χ4n) is 2.49. The minimum atomic E-state index is -0.0873. The van der Waals surface area contributed by atoms with Gasteiger partial charge in [0.1, 0.15) is 5.40 Å². The molecule has 1 fully saturated rings. The summed E-state index contributed by atoms with van der Waals surface area (Å²) in [4.78, 5) is 36.9. The second kappa shape index (κ2) is 9.08. The van der Waals surface area contributed by atoms with Crippen LogP contribution in [0.1, 0.15) is 38.5 Å². The molecule has 0 radical (unpaired) electrons. The van der Waals surface area contributed by atoms with Gasteiger partial charge in [-0.3, -0.25) is 19.3 Å². The monoisotopic (exact) mass is 345 g/mol. The fraction of sp³-hybridized carbons (Fsp3) is 0.412. The van der Waals surface area contributed by atoms with E-state index in [2.05, 4.69) is 5.32 Å². The van der Waals surface area contributed by atoms with E-state index in [4.69, 9.17) is 5.26 Å². The highest BCUT2D eigenvalue weighted by Gasteiger charge is 2.27. The standard InChI is InChI=1S/C17H19N3O3S/c18-12-24-14-7-5-13(6-8-14)19-15(21)4-2-1-3-11-20-16(22)9-10-17(20)23/h5-8H,1-4,9-11H2,(H,19,21). The molecule has 126 valence electrons. The van der Waals surface area contributed by atoms with Crippen LogP contribution in [-0.4, -0.2) is 29.2 Å². The second-order valence-electron chi connectivity index (χ2n) is 5.52. The second-order valence-corrected chi connectivity index (χ2v) is 6.37. The Morgan fingerprint density at radius 1 is 1.12 bits per heavy atom. The number of amides is 3. The van der Waals surface area contributed by atoms with Crippen molar-refractivity contribution in [1.29, 1.82) is 5.26 Å². The predicted molar refractivity (Wildman–Crippen MR) is 91.0 cm³/mol. The Hall–Kier alpha value is -2.33. The lowest BCUT2D eigenvalue weighted by molar-refractivity contribution is -0.138. The highest BCUT2D eigenvalue weighted by Crippen LogP contribution is 2.19. The quantitative estimate of drug-likeness (QED) is 0.339. The maximum absolute atomic E-state index is 11.9. The molecule has 24 heavy (non-hydrogen) atoms. The van der Waals surface area contributed by atoms with Crippen molar-refractivity contribution < 1.29 is 14.4 Å². The number of imide groups is 1. The highest BCUT2D eigenvalue weighted by molar-refractivity contribution is 8.03. The van der Waals surface area contributed by atoms with Gasteiger partial charge >= 0.3 is 0 Å². The zero-order valence-electron chi connectivity index (χ0n) is 13.3. The maximum atomic E-state index is 11.9. The maximum Gasteiger partial charge on any atom is 0.229 e. The lowest BCUT2D eigenvalue weighted by atomic mass is 10.1. The van der Waals surface area contributed by atoms with E-state index in [0.29, 0.717) is 37.9 Å². The minimum absolute atomic E-state index is 0.0657. The molecule has 0 aliphatic carbocycles. The van der Waals surface area contributed by atoms with Gasteiger partial charge in [0.2, 0.25) is 17.7 Å². The zero-order valence-corrected chi connectivity index (χ0v) is 14.1. The first-order valence-corrected chi connectivity index (χ1v) is 8.71. The molecule has 1 aliphatic rings. The third-order valence-corrected chi connectivity index (χ3v) is 4.34. The molecule has 0 aromatic heterocycles. The van der Waals surface area contributed by atoms with Crippen LogP contribution in [0.15, 0.2) is 29.2 Å². The Morgan fingerprint density at radius 2 is 1.79 bits per heavy atom. The average Bonchev–Trinajstić information content (AvgIpc) is 2.88. The summed E-state index contributed by atoms with van der Waals surface area (Å²) in [6.07, 6.45) is 3.29. The fourth-order valence-corrected chi connectivity index (χ4v) is 2.86. The largest absolute Gasteiger partial charge is 0.326 e. The van der Waals surface area contributed by atoms with Gasteiger partial charge in [-0.2, -0.15) is 5.26 Å². The number of carbonyl (C=O) groups excluding carboxylic acids is 3. The van der Waals surface area contributed by atoms with E-state index in [0.717, 1.165) is 29.5 Å². The van der Waals surface area contributed by atoms with Crippen molar-refractivity contribution in [2.45, 2.75) is 43.4 Å². The first-order chi connectivity index (χ1) is 11.6. The van der Waals surface area contributed by atoms with Crippen LogP contribution < -0.4 is 5.32 Å². The van der Waals surface area contributed by atoms with Crippen LogP contribution in [0.3, 0.4) is 0 Å². The number of nitriles is 1. The van der Waals surface area contributed by atoms with E-state index in [-0.39, 0.29) is 17.7 Å². The molecular weight excluding hydrogens is 326 g/mol. The van der Waals surface area contributed by atoms with Gasteiger partial charge < -0.3 is 5.32 Å². The molecule has 0 bridgehead atoms. The average molecular weight is 345 g/mol. The van der Waals surface area contributed by atoms with E-state index in [1.165, 1.54) is 4.90 Å². The number of likely N-dealkylation sites (tertiary alicyclic amines) is 1. The van der Waals surface area contributed by atoms with E-state index < -0.39 is 0 Å². The summed E-state index contributed by atoms with van der Waals surface area (Å²) < 4.78 is 0. The molecule has 0 atom stereocenters. The van der Waals surface area contributed by atoms with Crippen LogP contribution in [0, 0.1) is 10.7 Å². The van der Waals surface area contributed by atoms with Crippen molar-refractivity contribution in [3.8, 4) is 5.40 Å². The number of anilines is 1. The molecule has 0 unspecified atom stereocenters. The van der Waals surface area contributed by atoms with Gasteiger partial charge in [-0.15, -0.1) is 0 Å². The van der Waals surface area contributed by atoms with Crippen molar-refractivity contribution in [2.24, 2.45) is 0 Å². The van der Waals surface area contributed by atoms with Crippen LogP contribution in [0.4, 0.5) is 5.69 Å². The summed E-state index contributed by atoms with van der Waals surface area (Å²) in [5, 5.41) is 13.4. The Bertz CT molecular complexity index is 636. The number of thioether (sulfide) groups is 1. The number of hydrogen-bond acceptors (Lipinski definition) is 5. The van der Waals surface area contributed by atoms with Gasteiger partial charge in [-0.25, -0.2) is 0 Å². The van der Waals surface area contributed by atoms with Crippen LogP contribution in [0.25, 0.3) is 0 Å². The number of carbonyl (C=O) groups is 3. The van der Waals surface area contributed by atoms with Crippen LogP contribution in [0.5, 0.6) is 0 Å². The van der Waals surface area contributed by atoms with E-state index >= 15 is 0 Å². The Morgan fingerprint density at radius 3 is 2.42 bits per heavy atom. The summed E-state index contributed by atoms with van der Waals surface area (Å²) in [7, 11) is 0. The van der Waals surface area contributed by atoms with E-state index in [1.54, 1.807) is 24.3 Å². The Kier molecular flexibility index (Phi) is 6.82. The smallest absolute Gasteiger partial charge is 0.229 e. The van der Waals surface area contributed by atoms with E-state index in [1.807, 2.05) is 5.40 Å². The summed E-state index contributed by atoms with van der Waals surface area (Å²) in [6, 6.07) is 7.10. The first-order valence-electron chi connectivity index (χ1n) is 7.89. The molecule has 1 aromatic carbocycles. The van der Waals surface area contributed by atoms with Gasteiger partial charge in [-0.1, -0.05) is 6.42 Å². The highest BCUT2D eigenvalue weighted by atomic mass is 32.2. The molecule has 0 saturated carbocycles. The van der Waals surface area contributed by atoms with Crippen LogP contribution in [-0.2, 0) is 14.4 Å². The van der Waals surface area contributed by atoms with Gasteiger partial charge in [0.15, 0.2) is 0 Å². The van der Waals surface area contributed by atoms with Crippen molar-refractivity contribution in [1.82, 2.24) is 4.90 Å². The normalized spacial score (nSPS) is 13.9. The molecule has 1 aliphatic heterocycles. The molecule has 1 N–H and O–H groups in total. The topological polar surface area (TPSA) is 90.3 Å². The summed E-state index contributed by atoms with van der Waals surface area (Å²) in [5.74, 6) is -0.240. The molecule has 1 saturated heterocycles. The number of hydrogen-bond donors (Lipinski definition) is 1. The molecule has 1 aromatic rings. The number of thiocyanates is 1. The number of benzene rings is 1. The lowest BCUT2D eigenvalue weighted by Crippen LogP contribution is -2.29.